The molecule has 0 fully saturated rings. The van der Waals surface area contributed by atoms with Crippen LogP contribution in [0.1, 0.15) is 15.2 Å². The number of aryl methyl sites for hydroxylation is 1. The predicted molar refractivity (Wildman–Crippen MR) is 102 cm³/mol. The molecule has 130 valence electrons. The summed E-state index contributed by atoms with van der Waals surface area (Å²) >= 11 is 2.98. The zero-order valence-corrected chi connectivity index (χ0v) is 15.3. The Bertz CT molecular complexity index is 1070. The van der Waals surface area contributed by atoms with Gasteiger partial charge in [0, 0.05) is 28.2 Å². The van der Waals surface area contributed by atoms with E-state index >= 15 is 0 Å². The number of halogens is 1. The molecule has 1 amide bonds. The van der Waals surface area contributed by atoms with E-state index in [2.05, 4.69) is 15.4 Å². The highest BCUT2D eigenvalue weighted by Crippen LogP contribution is 2.30. The van der Waals surface area contributed by atoms with Crippen molar-refractivity contribution in [3.8, 4) is 16.3 Å². The number of carbonyl (C=O) groups is 1. The second-order valence-electron chi connectivity index (χ2n) is 5.52. The second-order valence-corrected chi connectivity index (χ2v) is 7.67. The van der Waals surface area contributed by atoms with Crippen molar-refractivity contribution < 1.29 is 9.18 Å². The van der Waals surface area contributed by atoms with E-state index in [4.69, 9.17) is 0 Å². The molecule has 3 heterocycles. The quantitative estimate of drug-likeness (QED) is 0.552. The van der Waals surface area contributed by atoms with Gasteiger partial charge in [0.1, 0.15) is 11.5 Å². The minimum absolute atomic E-state index is 0.224. The zero-order chi connectivity index (χ0) is 18.1. The second kappa shape index (κ2) is 6.81. The number of carbonyl (C=O) groups excluding carboxylic acids is 1. The van der Waals surface area contributed by atoms with Gasteiger partial charge in [0.25, 0.3) is 5.91 Å². The monoisotopic (exact) mass is 384 g/mol. The molecule has 0 aliphatic carbocycles. The summed E-state index contributed by atoms with van der Waals surface area (Å²) in [6.07, 6.45) is 3.21. The van der Waals surface area contributed by atoms with E-state index in [1.54, 1.807) is 35.9 Å². The average Bonchev–Trinajstić information content (AvgIpc) is 3.36. The highest BCUT2D eigenvalue weighted by molar-refractivity contribution is 7.17. The van der Waals surface area contributed by atoms with Gasteiger partial charge < -0.3 is 0 Å². The van der Waals surface area contributed by atoms with E-state index in [0.29, 0.717) is 5.13 Å². The highest BCUT2D eigenvalue weighted by atomic mass is 32.1. The zero-order valence-electron chi connectivity index (χ0n) is 13.6. The van der Waals surface area contributed by atoms with Gasteiger partial charge in [0.05, 0.1) is 10.6 Å². The lowest BCUT2D eigenvalue weighted by Gasteiger charge is -2.06. The number of thiazole rings is 1. The molecule has 0 aliphatic rings. The minimum Gasteiger partial charge on any atom is -0.298 e. The predicted octanol–water partition coefficient (Wildman–Crippen LogP) is 4.76. The normalized spacial score (nSPS) is 10.8. The fourth-order valence-corrected chi connectivity index (χ4v) is 4.04. The molecule has 1 N–H and O–H groups in total. The molecule has 26 heavy (non-hydrogen) atoms. The van der Waals surface area contributed by atoms with Crippen molar-refractivity contribution in [2.45, 2.75) is 6.92 Å². The Hall–Kier alpha value is -2.84. The molecule has 1 aromatic carbocycles. The number of aromatic nitrogens is 3. The molecule has 4 rings (SSSR count). The number of hydrogen-bond donors (Lipinski definition) is 1. The van der Waals surface area contributed by atoms with E-state index in [1.165, 1.54) is 33.0 Å². The summed E-state index contributed by atoms with van der Waals surface area (Å²) in [5.41, 5.74) is 1.34. The van der Waals surface area contributed by atoms with Crippen molar-refractivity contribution in [2.24, 2.45) is 0 Å². The Labute approximate surface area is 156 Å². The van der Waals surface area contributed by atoms with Gasteiger partial charge >= 0.3 is 0 Å². The van der Waals surface area contributed by atoms with Gasteiger partial charge in [0.2, 0.25) is 0 Å². The van der Waals surface area contributed by atoms with E-state index in [1.807, 2.05) is 24.4 Å². The van der Waals surface area contributed by atoms with Crippen molar-refractivity contribution in [1.82, 2.24) is 14.8 Å². The first kappa shape index (κ1) is 16.6. The molecule has 0 radical (unpaired) electrons. The van der Waals surface area contributed by atoms with Crippen LogP contribution in [0.15, 0.2) is 54.2 Å². The maximum Gasteiger partial charge on any atom is 0.257 e. The largest absolute Gasteiger partial charge is 0.298 e. The number of nitrogens with one attached hydrogen (secondary N) is 1. The third-order valence-corrected chi connectivity index (χ3v) is 5.46. The number of benzene rings is 1. The Morgan fingerprint density at radius 2 is 2.15 bits per heavy atom. The smallest absolute Gasteiger partial charge is 0.257 e. The summed E-state index contributed by atoms with van der Waals surface area (Å²) in [5, 5.41) is 9.08. The van der Waals surface area contributed by atoms with Crippen molar-refractivity contribution in [3.05, 3.63) is 70.4 Å². The lowest BCUT2D eigenvalue weighted by Crippen LogP contribution is -2.12. The van der Waals surface area contributed by atoms with Gasteiger partial charge in [-0.05, 0) is 43.3 Å². The highest BCUT2D eigenvalue weighted by Gasteiger charge is 2.14. The summed E-state index contributed by atoms with van der Waals surface area (Å²) in [6, 6.07) is 10.0. The molecule has 0 atom stereocenters. The number of hydrogen-bond acceptors (Lipinski definition) is 5. The fourth-order valence-electron chi connectivity index (χ4n) is 2.43. The van der Waals surface area contributed by atoms with Gasteiger partial charge in [-0.1, -0.05) is 0 Å². The van der Waals surface area contributed by atoms with Crippen LogP contribution in [0.2, 0.25) is 0 Å². The summed E-state index contributed by atoms with van der Waals surface area (Å²) in [4.78, 5) is 19.1. The lowest BCUT2D eigenvalue weighted by atomic mass is 10.2. The third kappa shape index (κ3) is 3.29. The average molecular weight is 384 g/mol. The van der Waals surface area contributed by atoms with Crippen LogP contribution in [0.4, 0.5) is 9.52 Å². The molecule has 4 aromatic rings. The van der Waals surface area contributed by atoms with Gasteiger partial charge in [-0.3, -0.25) is 10.1 Å². The first-order valence-corrected chi connectivity index (χ1v) is 9.43. The fraction of sp³-hybridized carbons (Fsp3) is 0.0556. The van der Waals surface area contributed by atoms with Crippen LogP contribution < -0.4 is 5.32 Å². The van der Waals surface area contributed by atoms with Gasteiger partial charge in [-0.15, -0.1) is 22.7 Å². The van der Waals surface area contributed by atoms with E-state index in [-0.39, 0.29) is 11.3 Å². The maximum absolute atomic E-state index is 14.3. The molecule has 0 bridgehead atoms. The van der Waals surface area contributed by atoms with Crippen LogP contribution in [0.25, 0.3) is 16.3 Å². The Morgan fingerprint density at radius 3 is 2.85 bits per heavy atom. The summed E-state index contributed by atoms with van der Waals surface area (Å²) in [6.45, 7) is 2.03. The lowest BCUT2D eigenvalue weighted by molar-refractivity contribution is 0.102. The van der Waals surface area contributed by atoms with Gasteiger partial charge in [0.15, 0.2) is 5.13 Å². The standard InChI is InChI=1S/C18H13FN4OS2/c1-11-3-6-16(26-11)14-10-25-18(21-14)22-17(24)12-4-5-15(13(19)9-12)23-8-2-7-20-23/h2-10H,1H3,(H,21,22,24). The molecule has 0 aliphatic heterocycles. The van der Waals surface area contributed by atoms with Crippen LogP contribution in [-0.4, -0.2) is 20.7 Å². The SMILES string of the molecule is Cc1ccc(-c2csc(NC(=O)c3ccc(-n4cccn4)c(F)c3)n2)s1. The van der Waals surface area contributed by atoms with Crippen LogP contribution >= 0.6 is 22.7 Å². The molecular formula is C18H13FN4OS2. The summed E-state index contributed by atoms with van der Waals surface area (Å²) < 4.78 is 15.7. The van der Waals surface area contributed by atoms with Crippen molar-refractivity contribution >= 4 is 33.7 Å². The maximum atomic E-state index is 14.3. The molecule has 3 aromatic heterocycles. The van der Waals surface area contributed by atoms with Crippen molar-refractivity contribution in [2.75, 3.05) is 5.32 Å². The van der Waals surface area contributed by atoms with Gasteiger partial charge in [-0.25, -0.2) is 14.1 Å². The summed E-state index contributed by atoms with van der Waals surface area (Å²) in [7, 11) is 0. The van der Waals surface area contributed by atoms with Gasteiger partial charge in [-0.2, -0.15) is 5.10 Å². The minimum atomic E-state index is -0.518. The molecule has 8 heteroatoms. The molecule has 0 saturated carbocycles. The van der Waals surface area contributed by atoms with E-state index < -0.39 is 11.7 Å². The van der Waals surface area contributed by atoms with E-state index in [0.717, 1.165) is 10.6 Å². The first-order chi connectivity index (χ1) is 12.6. The van der Waals surface area contributed by atoms with Crippen molar-refractivity contribution in [3.63, 3.8) is 0 Å². The topological polar surface area (TPSA) is 59.8 Å². The molecule has 5 nitrogen and oxygen atoms in total. The number of thiophene rings is 1. The van der Waals surface area contributed by atoms with Crippen LogP contribution in [0.5, 0.6) is 0 Å². The Balaban J connectivity index is 1.52. The third-order valence-electron chi connectivity index (χ3n) is 3.68. The Morgan fingerprint density at radius 1 is 1.27 bits per heavy atom. The Kier molecular flexibility index (Phi) is 4.36. The van der Waals surface area contributed by atoms with Crippen molar-refractivity contribution in [1.29, 1.82) is 0 Å². The molecule has 0 unspecified atom stereocenters. The molecular weight excluding hydrogens is 371 g/mol. The van der Waals surface area contributed by atoms with Crippen LogP contribution in [0, 0.1) is 12.7 Å². The number of anilines is 1. The van der Waals surface area contributed by atoms with E-state index in [9.17, 15) is 9.18 Å². The van der Waals surface area contributed by atoms with Crippen LogP contribution in [-0.2, 0) is 0 Å². The first-order valence-electron chi connectivity index (χ1n) is 7.73. The summed E-state index contributed by atoms with van der Waals surface area (Å²) in [5.74, 6) is -0.922. The molecule has 0 spiro atoms. The van der Waals surface area contributed by atoms with Crippen LogP contribution in [0.3, 0.4) is 0 Å². The molecule has 0 saturated heterocycles. The number of rotatable bonds is 4. The number of nitrogens with zero attached hydrogens (tertiary/aromatic N) is 3. The number of amides is 1.